The highest BCUT2D eigenvalue weighted by Gasteiger charge is 2.15. The number of nitrogens with one attached hydrogen (secondary N) is 1. The molecule has 7 heteroatoms. The number of amides is 2. The molecule has 5 nitrogen and oxygen atoms in total. The molecule has 0 saturated heterocycles. The molecule has 2 amide bonds. The van der Waals surface area contributed by atoms with Crippen molar-refractivity contribution in [2.45, 2.75) is 12.7 Å². The number of hydrogen-bond donors (Lipinski definition) is 1. The van der Waals surface area contributed by atoms with Crippen LogP contribution in [0.2, 0.25) is 5.02 Å². The van der Waals surface area contributed by atoms with Gasteiger partial charge in [-0.3, -0.25) is 9.59 Å². The normalized spacial score (nSPS) is 10.3. The second-order valence-corrected chi connectivity index (χ2v) is 7.23. The Hall–Kier alpha value is -2.18. The maximum absolute atomic E-state index is 12.4. The van der Waals surface area contributed by atoms with Crippen LogP contribution in [0, 0.1) is 0 Å². The summed E-state index contributed by atoms with van der Waals surface area (Å²) in [5.41, 5.74) is 1.75. The molecule has 0 atom stereocenters. The minimum Gasteiger partial charge on any atom is -0.497 e. The van der Waals surface area contributed by atoms with Crippen molar-refractivity contribution in [2.24, 2.45) is 0 Å². The van der Waals surface area contributed by atoms with Gasteiger partial charge >= 0.3 is 0 Å². The van der Waals surface area contributed by atoms with Gasteiger partial charge in [-0.15, -0.1) is 11.8 Å². The molecule has 2 aromatic rings. The lowest BCUT2D eigenvalue weighted by Gasteiger charge is -2.20. The van der Waals surface area contributed by atoms with E-state index in [0.717, 1.165) is 11.3 Å². The van der Waals surface area contributed by atoms with E-state index in [1.165, 1.54) is 11.8 Å². The first kappa shape index (κ1) is 21.1. The standard InChI is InChI=1S/C20H23ClN2O3S/c1-3-23(12-19(24)22-17-5-4-6-18(11-17)26-2)20(25)14-27-13-15-7-9-16(21)10-8-15/h4-11H,3,12-14H2,1-2H3,(H,22,24). The van der Waals surface area contributed by atoms with E-state index in [2.05, 4.69) is 5.32 Å². The molecule has 0 aliphatic heterocycles. The second kappa shape index (κ2) is 10.8. The molecule has 0 radical (unpaired) electrons. The van der Waals surface area contributed by atoms with Gasteiger partial charge in [0, 0.05) is 29.1 Å². The highest BCUT2D eigenvalue weighted by Crippen LogP contribution is 2.17. The van der Waals surface area contributed by atoms with E-state index in [0.29, 0.717) is 28.8 Å². The van der Waals surface area contributed by atoms with Crippen LogP contribution in [0.3, 0.4) is 0 Å². The number of likely N-dealkylation sites (N-methyl/N-ethyl adjacent to an activating group) is 1. The predicted octanol–water partition coefficient (Wildman–Crippen LogP) is 4.07. The number of hydrogen-bond acceptors (Lipinski definition) is 4. The van der Waals surface area contributed by atoms with E-state index < -0.39 is 0 Å². The summed E-state index contributed by atoms with van der Waals surface area (Å²) in [6.45, 7) is 2.36. The van der Waals surface area contributed by atoms with Crippen LogP contribution in [0.25, 0.3) is 0 Å². The van der Waals surface area contributed by atoms with Crippen molar-refractivity contribution in [1.29, 1.82) is 0 Å². The Morgan fingerprint density at radius 1 is 1.19 bits per heavy atom. The molecule has 0 unspecified atom stereocenters. The van der Waals surface area contributed by atoms with Gasteiger partial charge in [0.1, 0.15) is 5.75 Å². The summed E-state index contributed by atoms with van der Waals surface area (Å²) in [5, 5.41) is 3.48. The van der Waals surface area contributed by atoms with Crippen LogP contribution in [0.5, 0.6) is 5.75 Å². The Balaban J connectivity index is 1.80. The zero-order valence-corrected chi connectivity index (χ0v) is 17.0. The van der Waals surface area contributed by atoms with E-state index in [-0.39, 0.29) is 18.4 Å². The smallest absolute Gasteiger partial charge is 0.243 e. The number of halogens is 1. The van der Waals surface area contributed by atoms with Crippen molar-refractivity contribution in [3.05, 3.63) is 59.1 Å². The van der Waals surface area contributed by atoms with Gasteiger partial charge in [-0.05, 0) is 36.8 Å². The maximum Gasteiger partial charge on any atom is 0.243 e. The van der Waals surface area contributed by atoms with Gasteiger partial charge in [-0.2, -0.15) is 0 Å². The van der Waals surface area contributed by atoms with Crippen molar-refractivity contribution in [3.8, 4) is 5.75 Å². The lowest BCUT2D eigenvalue weighted by atomic mass is 10.2. The first-order valence-electron chi connectivity index (χ1n) is 8.55. The monoisotopic (exact) mass is 406 g/mol. The van der Waals surface area contributed by atoms with Gasteiger partial charge in [0.05, 0.1) is 19.4 Å². The van der Waals surface area contributed by atoms with E-state index in [4.69, 9.17) is 16.3 Å². The minimum absolute atomic E-state index is 0.0219. The van der Waals surface area contributed by atoms with Crippen LogP contribution in [-0.4, -0.2) is 42.7 Å². The Bertz CT molecular complexity index is 768. The molecule has 2 rings (SSSR count). The summed E-state index contributed by atoms with van der Waals surface area (Å²) < 4.78 is 5.14. The lowest BCUT2D eigenvalue weighted by Crippen LogP contribution is -2.38. The molecule has 27 heavy (non-hydrogen) atoms. The zero-order chi connectivity index (χ0) is 19.6. The lowest BCUT2D eigenvalue weighted by molar-refractivity contribution is -0.132. The number of carbonyl (C=O) groups is 2. The van der Waals surface area contributed by atoms with Gasteiger partial charge < -0.3 is 15.0 Å². The van der Waals surface area contributed by atoms with Crippen LogP contribution in [0.4, 0.5) is 5.69 Å². The number of rotatable bonds is 9. The molecule has 0 aromatic heterocycles. The summed E-state index contributed by atoms with van der Waals surface area (Å²) in [6, 6.07) is 14.7. The highest BCUT2D eigenvalue weighted by atomic mass is 35.5. The summed E-state index contributed by atoms with van der Waals surface area (Å²) in [4.78, 5) is 26.2. The van der Waals surface area contributed by atoms with E-state index >= 15 is 0 Å². The quantitative estimate of drug-likeness (QED) is 0.682. The molecule has 0 aliphatic rings. The van der Waals surface area contributed by atoms with Crippen molar-refractivity contribution >= 4 is 40.9 Å². The number of ether oxygens (including phenoxy) is 1. The second-order valence-electron chi connectivity index (χ2n) is 5.81. The van der Waals surface area contributed by atoms with Crippen LogP contribution < -0.4 is 10.1 Å². The average Bonchev–Trinajstić information content (AvgIpc) is 2.67. The number of anilines is 1. The van der Waals surface area contributed by atoms with Crippen molar-refractivity contribution in [2.75, 3.05) is 31.3 Å². The molecule has 1 N–H and O–H groups in total. The average molecular weight is 407 g/mol. The fourth-order valence-electron chi connectivity index (χ4n) is 2.38. The van der Waals surface area contributed by atoms with Gasteiger partial charge in [0.2, 0.25) is 11.8 Å². The Morgan fingerprint density at radius 2 is 1.93 bits per heavy atom. The molecule has 0 saturated carbocycles. The Labute approximate surface area is 169 Å². The van der Waals surface area contributed by atoms with E-state index in [1.807, 2.05) is 31.2 Å². The topological polar surface area (TPSA) is 58.6 Å². The summed E-state index contributed by atoms with van der Waals surface area (Å²) >= 11 is 7.38. The van der Waals surface area contributed by atoms with Crippen LogP contribution in [-0.2, 0) is 15.3 Å². The first-order valence-corrected chi connectivity index (χ1v) is 10.1. The van der Waals surface area contributed by atoms with Crippen LogP contribution in [0.1, 0.15) is 12.5 Å². The third-order valence-electron chi connectivity index (χ3n) is 3.83. The third-order valence-corrected chi connectivity index (χ3v) is 5.07. The van der Waals surface area contributed by atoms with Crippen molar-refractivity contribution in [1.82, 2.24) is 4.90 Å². The SMILES string of the molecule is CCN(CC(=O)Nc1cccc(OC)c1)C(=O)CSCc1ccc(Cl)cc1. The number of carbonyl (C=O) groups excluding carboxylic acids is 2. The molecule has 0 aliphatic carbocycles. The number of benzene rings is 2. The molecule has 0 spiro atoms. The van der Waals surface area contributed by atoms with Gasteiger partial charge in [-0.1, -0.05) is 29.8 Å². The van der Waals surface area contributed by atoms with Crippen LogP contribution >= 0.6 is 23.4 Å². The maximum atomic E-state index is 12.4. The molecule has 0 heterocycles. The molecule has 0 fully saturated rings. The number of methoxy groups -OCH3 is 1. The summed E-state index contributed by atoms with van der Waals surface area (Å²) in [5.74, 6) is 1.41. The van der Waals surface area contributed by atoms with Gasteiger partial charge in [0.25, 0.3) is 0 Å². The molecule has 0 bridgehead atoms. The minimum atomic E-state index is -0.235. The van der Waals surface area contributed by atoms with Gasteiger partial charge in [0.15, 0.2) is 0 Å². The Morgan fingerprint density at radius 3 is 2.59 bits per heavy atom. The molecule has 144 valence electrons. The zero-order valence-electron chi connectivity index (χ0n) is 15.4. The Kier molecular flexibility index (Phi) is 8.48. The first-order chi connectivity index (χ1) is 13.0. The number of thioether (sulfide) groups is 1. The fourth-order valence-corrected chi connectivity index (χ4v) is 3.39. The molecular weight excluding hydrogens is 384 g/mol. The highest BCUT2D eigenvalue weighted by molar-refractivity contribution is 7.99. The van der Waals surface area contributed by atoms with Gasteiger partial charge in [-0.25, -0.2) is 0 Å². The largest absolute Gasteiger partial charge is 0.497 e. The van der Waals surface area contributed by atoms with Crippen molar-refractivity contribution in [3.63, 3.8) is 0 Å². The van der Waals surface area contributed by atoms with Crippen molar-refractivity contribution < 1.29 is 14.3 Å². The summed E-state index contributed by atoms with van der Waals surface area (Å²) in [6.07, 6.45) is 0. The van der Waals surface area contributed by atoms with E-state index in [1.54, 1.807) is 36.3 Å². The fraction of sp³-hybridized carbons (Fsp3) is 0.300. The molecular formula is C20H23ClN2O3S. The number of nitrogens with zero attached hydrogens (tertiary/aromatic N) is 1. The third kappa shape index (κ3) is 7.15. The van der Waals surface area contributed by atoms with Crippen LogP contribution in [0.15, 0.2) is 48.5 Å². The summed E-state index contributed by atoms with van der Waals surface area (Å²) in [7, 11) is 1.57. The predicted molar refractivity (Wildman–Crippen MR) is 111 cm³/mol. The van der Waals surface area contributed by atoms with E-state index in [9.17, 15) is 9.59 Å². The molecule has 2 aromatic carbocycles.